The molecule has 6 nitrogen and oxygen atoms in total. The van der Waals surface area contributed by atoms with Crippen molar-refractivity contribution >= 4 is 11.3 Å². The van der Waals surface area contributed by atoms with Crippen LogP contribution >= 0.6 is 11.3 Å². The molecule has 0 spiro atoms. The van der Waals surface area contributed by atoms with E-state index in [1.54, 1.807) is 11.3 Å². The maximum atomic E-state index is 10.3. The molecule has 0 bridgehead atoms. The van der Waals surface area contributed by atoms with Crippen molar-refractivity contribution in [2.45, 2.75) is 25.4 Å². The van der Waals surface area contributed by atoms with Gasteiger partial charge < -0.3 is 14.9 Å². The van der Waals surface area contributed by atoms with E-state index >= 15 is 0 Å². The monoisotopic (exact) mass is 266 g/mol. The lowest BCUT2D eigenvalue weighted by Gasteiger charge is -2.14. The Labute approximate surface area is 108 Å². The summed E-state index contributed by atoms with van der Waals surface area (Å²) in [6, 6.07) is 0. The second-order valence-corrected chi connectivity index (χ2v) is 5.57. The van der Waals surface area contributed by atoms with Gasteiger partial charge in [0.1, 0.15) is 0 Å². The Morgan fingerprint density at radius 2 is 2.44 bits per heavy atom. The van der Waals surface area contributed by atoms with Crippen LogP contribution in [0.1, 0.15) is 28.8 Å². The van der Waals surface area contributed by atoms with Gasteiger partial charge in [0.05, 0.1) is 17.1 Å². The fourth-order valence-electron chi connectivity index (χ4n) is 2.03. The van der Waals surface area contributed by atoms with E-state index in [9.17, 15) is 5.11 Å². The highest BCUT2D eigenvalue weighted by Crippen LogP contribution is 2.26. The summed E-state index contributed by atoms with van der Waals surface area (Å²) < 4.78 is 5.16. The average molecular weight is 266 g/mol. The molecule has 1 fully saturated rings. The molecule has 0 saturated carbocycles. The number of aliphatic hydroxyl groups is 1. The molecule has 96 valence electrons. The van der Waals surface area contributed by atoms with Crippen LogP contribution in [0.2, 0.25) is 0 Å². The first kappa shape index (κ1) is 11.8. The van der Waals surface area contributed by atoms with Crippen LogP contribution < -0.4 is 5.32 Å². The third-order valence-electron chi connectivity index (χ3n) is 3.00. The summed E-state index contributed by atoms with van der Waals surface area (Å²) in [6.45, 7) is 3.19. The minimum absolute atomic E-state index is 0.300. The molecule has 0 aliphatic carbocycles. The molecule has 3 rings (SSSR count). The van der Waals surface area contributed by atoms with Crippen LogP contribution in [0.4, 0.5) is 0 Å². The lowest BCUT2D eigenvalue weighted by molar-refractivity contribution is 0.0243. The van der Waals surface area contributed by atoms with Crippen molar-refractivity contribution in [1.82, 2.24) is 20.4 Å². The molecule has 7 heteroatoms. The van der Waals surface area contributed by atoms with E-state index in [-0.39, 0.29) is 0 Å². The van der Waals surface area contributed by atoms with Crippen LogP contribution in [0.5, 0.6) is 0 Å². The smallest absolute Gasteiger partial charge is 0.259 e. The molecule has 1 unspecified atom stereocenters. The first-order valence-corrected chi connectivity index (χ1v) is 6.71. The third-order valence-corrected chi connectivity index (χ3v) is 3.83. The van der Waals surface area contributed by atoms with E-state index in [4.69, 9.17) is 4.52 Å². The molecule has 0 aromatic carbocycles. The van der Waals surface area contributed by atoms with E-state index in [1.165, 1.54) is 0 Å². The van der Waals surface area contributed by atoms with E-state index in [0.29, 0.717) is 31.1 Å². The fourth-order valence-corrected chi connectivity index (χ4v) is 2.64. The highest BCUT2D eigenvalue weighted by Gasteiger charge is 2.38. The number of hydrogen-bond acceptors (Lipinski definition) is 7. The van der Waals surface area contributed by atoms with Crippen molar-refractivity contribution in [3.8, 4) is 0 Å². The van der Waals surface area contributed by atoms with Gasteiger partial charge in [0.25, 0.3) is 5.89 Å². The molecule has 2 aromatic heterocycles. The van der Waals surface area contributed by atoms with E-state index in [1.807, 2.05) is 12.3 Å². The molecule has 1 atom stereocenters. The molecule has 18 heavy (non-hydrogen) atoms. The van der Waals surface area contributed by atoms with E-state index < -0.39 is 5.60 Å². The van der Waals surface area contributed by atoms with Gasteiger partial charge in [-0.05, 0) is 19.9 Å². The predicted molar refractivity (Wildman–Crippen MR) is 65.3 cm³/mol. The fraction of sp³-hybridized carbons (Fsp3) is 0.545. The van der Waals surface area contributed by atoms with Gasteiger partial charge >= 0.3 is 0 Å². The number of thiazole rings is 1. The Morgan fingerprint density at radius 1 is 1.56 bits per heavy atom. The zero-order valence-electron chi connectivity index (χ0n) is 10.0. The summed E-state index contributed by atoms with van der Waals surface area (Å²) in [4.78, 5) is 8.62. The summed E-state index contributed by atoms with van der Waals surface area (Å²) in [5.74, 6) is 0.866. The van der Waals surface area contributed by atoms with Crippen LogP contribution in [0.25, 0.3) is 0 Å². The van der Waals surface area contributed by atoms with Crippen LogP contribution in [-0.2, 0) is 12.0 Å². The Morgan fingerprint density at radius 3 is 3.11 bits per heavy atom. The number of nitrogens with one attached hydrogen (secondary N) is 1. The molecule has 1 aliphatic rings. The highest BCUT2D eigenvalue weighted by molar-refractivity contribution is 7.09. The van der Waals surface area contributed by atoms with Crippen molar-refractivity contribution in [2.24, 2.45) is 0 Å². The van der Waals surface area contributed by atoms with Gasteiger partial charge in [-0.3, -0.25) is 0 Å². The predicted octanol–water partition coefficient (Wildman–Crippen LogP) is 0.606. The first-order chi connectivity index (χ1) is 8.66. The van der Waals surface area contributed by atoms with Crippen LogP contribution in [0.3, 0.4) is 0 Å². The lowest BCUT2D eigenvalue weighted by atomic mass is 10.0. The van der Waals surface area contributed by atoms with Crippen LogP contribution in [-0.4, -0.2) is 33.3 Å². The topological polar surface area (TPSA) is 84.1 Å². The number of aryl methyl sites for hydroxylation is 1. The first-order valence-electron chi connectivity index (χ1n) is 5.83. The summed E-state index contributed by atoms with van der Waals surface area (Å²) in [6.07, 6.45) is 1.14. The van der Waals surface area contributed by atoms with Gasteiger partial charge in [-0.15, -0.1) is 11.3 Å². The molecule has 3 heterocycles. The third kappa shape index (κ3) is 2.16. The second kappa shape index (κ2) is 4.42. The van der Waals surface area contributed by atoms with Gasteiger partial charge in [-0.2, -0.15) is 4.98 Å². The van der Waals surface area contributed by atoms with Gasteiger partial charge in [0.2, 0.25) is 0 Å². The normalized spacial score (nSPS) is 23.7. The highest BCUT2D eigenvalue weighted by atomic mass is 32.1. The maximum absolute atomic E-state index is 10.3. The van der Waals surface area contributed by atoms with Crippen molar-refractivity contribution in [3.63, 3.8) is 0 Å². The SMILES string of the molecule is Cc1nc(Cc2noc(C3(O)CCNC3)n2)cs1. The van der Waals surface area contributed by atoms with Gasteiger partial charge in [0, 0.05) is 11.9 Å². The number of rotatable bonds is 3. The van der Waals surface area contributed by atoms with Gasteiger partial charge in [-0.1, -0.05) is 5.16 Å². The minimum atomic E-state index is -1.01. The number of nitrogens with zero attached hydrogens (tertiary/aromatic N) is 3. The quantitative estimate of drug-likeness (QED) is 0.846. The van der Waals surface area contributed by atoms with E-state index in [2.05, 4.69) is 20.4 Å². The minimum Gasteiger partial charge on any atom is -0.379 e. The molecule has 1 saturated heterocycles. The Kier molecular flexibility index (Phi) is 2.89. The molecule has 0 radical (unpaired) electrons. The molecule has 1 aliphatic heterocycles. The summed E-state index contributed by atoms with van der Waals surface area (Å²) >= 11 is 1.60. The Balaban J connectivity index is 1.77. The molecule has 0 amide bonds. The average Bonchev–Trinajstić information content (AvgIpc) is 3.02. The summed E-state index contributed by atoms with van der Waals surface area (Å²) in [5, 5.41) is 20.3. The zero-order valence-corrected chi connectivity index (χ0v) is 10.8. The molecular weight excluding hydrogens is 252 g/mol. The zero-order chi connectivity index (χ0) is 12.6. The molecule has 2 aromatic rings. The number of aromatic nitrogens is 3. The largest absolute Gasteiger partial charge is 0.379 e. The number of β-amino-alcohol motifs (C(OH)–C–C–N with tert-alkyl or cyclic N) is 1. The van der Waals surface area contributed by atoms with Crippen molar-refractivity contribution in [2.75, 3.05) is 13.1 Å². The van der Waals surface area contributed by atoms with Gasteiger partial charge in [-0.25, -0.2) is 4.98 Å². The van der Waals surface area contributed by atoms with Crippen molar-refractivity contribution < 1.29 is 9.63 Å². The Hall–Kier alpha value is -1.31. The van der Waals surface area contributed by atoms with Crippen LogP contribution in [0.15, 0.2) is 9.90 Å². The maximum Gasteiger partial charge on any atom is 0.259 e. The second-order valence-electron chi connectivity index (χ2n) is 4.51. The standard InChI is InChI=1S/C11H14N4O2S/c1-7-13-8(5-18-7)4-9-14-10(17-15-9)11(16)2-3-12-6-11/h5,12,16H,2-4,6H2,1H3. The van der Waals surface area contributed by atoms with Crippen LogP contribution in [0, 0.1) is 6.92 Å². The summed E-state index contributed by atoms with van der Waals surface area (Å²) in [7, 11) is 0. The molecular formula is C11H14N4O2S. The van der Waals surface area contributed by atoms with Crippen molar-refractivity contribution in [1.29, 1.82) is 0 Å². The van der Waals surface area contributed by atoms with E-state index in [0.717, 1.165) is 17.2 Å². The van der Waals surface area contributed by atoms with Crippen molar-refractivity contribution in [3.05, 3.63) is 27.8 Å². The lowest BCUT2D eigenvalue weighted by Crippen LogP contribution is -2.28. The Bertz CT molecular complexity index is 545. The summed E-state index contributed by atoms with van der Waals surface area (Å²) in [5.41, 5.74) is -0.0788. The van der Waals surface area contributed by atoms with Gasteiger partial charge in [0.15, 0.2) is 11.4 Å². The number of hydrogen-bond donors (Lipinski definition) is 2. The molecule has 2 N–H and O–H groups in total.